The molecule has 0 saturated carbocycles. The molecule has 110 valence electrons. The molecule has 0 heterocycles. The summed E-state index contributed by atoms with van der Waals surface area (Å²) in [4.78, 5) is 23.6. The summed E-state index contributed by atoms with van der Waals surface area (Å²) in [6, 6.07) is 15.8. The van der Waals surface area contributed by atoms with E-state index in [2.05, 4.69) is 10.6 Å². The molecular weight excluding hydrogens is 278 g/mol. The Kier molecular flexibility index (Phi) is 4.89. The highest BCUT2D eigenvalue weighted by molar-refractivity contribution is 6.08. The number of amides is 2. The van der Waals surface area contributed by atoms with Crippen LogP contribution in [0.1, 0.15) is 17.5 Å². The van der Waals surface area contributed by atoms with Gasteiger partial charge in [0.2, 0.25) is 11.8 Å². The molecule has 2 amide bonds. The smallest absolute Gasteiger partial charge is 0.233 e. The fourth-order valence-electron chi connectivity index (χ4n) is 1.91. The van der Waals surface area contributed by atoms with Crippen LogP contribution in [-0.4, -0.2) is 11.8 Å². The monoisotopic (exact) mass is 293 g/mol. The van der Waals surface area contributed by atoms with E-state index < -0.39 is 5.91 Å². The summed E-state index contributed by atoms with van der Waals surface area (Å²) >= 11 is 0. The summed E-state index contributed by atoms with van der Waals surface area (Å²) in [5, 5.41) is 14.0. The van der Waals surface area contributed by atoms with E-state index in [9.17, 15) is 9.59 Å². The zero-order chi connectivity index (χ0) is 15.9. The lowest BCUT2D eigenvalue weighted by atomic mass is 10.2. The number of nitrogens with one attached hydrogen (secondary N) is 2. The van der Waals surface area contributed by atoms with Gasteiger partial charge in [0, 0.05) is 11.4 Å². The van der Waals surface area contributed by atoms with Gasteiger partial charge in [0.05, 0.1) is 11.6 Å². The summed E-state index contributed by atoms with van der Waals surface area (Å²) in [5.74, 6) is -0.786. The van der Waals surface area contributed by atoms with Gasteiger partial charge in [0.25, 0.3) is 0 Å². The van der Waals surface area contributed by atoms with Crippen molar-refractivity contribution >= 4 is 23.2 Å². The van der Waals surface area contributed by atoms with Gasteiger partial charge < -0.3 is 10.6 Å². The van der Waals surface area contributed by atoms with Gasteiger partial charge in [-0.25, -0.2) is 0 Å². The van der Waals surface area contributed by atoms with E-state index >= 15 is 0 Å². The highest BCUT2D eigenvalue weighted by Gasteiger charge is 2.10. The van der Waals surface area contributed by atoms with Gasteiger partial charge >= 0.3 is 0 Å². The maximum Gasteiger partial charge on any atom is 0.233 e. The third-order valence-electron chi connectivity index (χ3n) is 2.92. The summed E-state index contributed by atoms with van der Waals surface area (Å²) in [6.45, 7) is 1.92. The molecule has 2 aromatic carbocycles. The van der Waals surface area contributed by atoms with Gasteiger partial charge in [-0.05, 0) is 48.9 Å². The molecule has 0 fully saturated rings. The summed E-state index contributed by atoms with van der Waals surface area (Å²) in [5.41, 5.74) is 2.75. The number of hydrogen-bond donors (Lipinski definition) is 2. The Balaban J connectivity index is 1.88. The minimum absolute atomic E-state index is 0.270. The molecule has 0 spiro atoms. The summed E-state index contributed by atoms with van der Waals surface area (Å²) < 4.78 is 0. The standard InChI is InChI=1S/C17H15N3O2/c1-12-3-2-4-15(9-12)20-17(22)10-16(21)19-14-7-5-13(11-18)6-8-14/h2-9H,10H2,1H3,(H,19,21)(H,20,22). The molecule has 5 heteroatoms. The second-order valence-corrected chi connectivity index (χ2v) is 4.83. The average Bonchev–Trinajstić information content (AvgIpc) is 2.47. The van der Waals surface area contributed by atoms with Crippen molar-refractivity contribution < 1.29 is 9.59 Å². The van der Waals surface area contributed by atoms with E-state index in [1.54, 1.807) is 30.3 Å². The summed E-state index contributed by atoms with van der Waals surface area (Å²) in [7, 11) is 0. The van der Waals surface area contributed by atoms with Crippen molar-refractivity contribution in [2.24, 2.45) is 0 Å². The molecule has 5 nitrogen and oxygen atoms in total. The number of rotatable bonds is 4. The van der Waals surface area contributed by atoms with Crippen molar-refractivity contribution in [3.63, 3.8) is 0 Å². The molecule has 0 aliphatic carbocycles. The lowest BCUT2D eigenvalue weighted by molar-refractivity contribution is -0.123. The zero-order valence-corrected chi connectivity index (χ0v) is 12.1. The first-order valence-corrected chi connectivity index (χ1v) is 6.73. The van der Waals surface area contributed by atoms with Crippen LogP contribution in [-0.2, 0) is 9.59 Å². The predicted molar refractivity (Wildman–Crippen MR) is 84.2 cm³/mol. The van der Waals surface area contributed by atoms with Crippen LogP contribution in [0.3, 0.4) is 0 Å². The fraction of sp³-hybridized carbons (Fsp3) is 0.118. The van der Waals surface area contributed by atoms with Crippen LogP contribution in [0.15, 0.2) is 48.5 Å². The third-order valence-corrected chi connectivity index (χ3v) is 2.92. The van der Waals surface area contributed by atoms with Crippen LogP contribution in [0.5, 0.6) is 0 Å². The Hall–Kier alpha value is -3.13. The van der Waals surface area contributed by atoms with Crippen molar-refractivity contribution in [1.29, 1.82) is 5.26 Å². The number of benzene rings is 2. The lowest BCUT2D eigenvalue weighted by Gasteiger charge is -2.07. The van der Waals surface area contributed by atoms with E-state index in [1.807, 2.05) is 31.2 Å². The molecule has 0 radical (unpaired) electrons. The molecule has 2 aromatic rings. The van der Waals surface area contributed by atoms with Crippen LogP contribution >= 0.6 is 0 Å². The minimum atomic E-state index is -0.408. The number of aryl methyl sites for hydroxylation is 1. The number of anilines is 2. The molecular formula is C17H15N3O2. The largest absolute Gasteiger partial charge is 0.326 e. The molecule has 0 saturated heterocycles. The van der Waals surface area contributed by atoms with Crippen molar-refractivity contribution in [3.05, 3.63) is 59.7 Å². The maximum absolute atomic E-state index is 11.8. The Bertz CT molecular complexity index is 730. The number of hydrogen-bond acceptors (Lipinski definition) is 3. The van der Waals surface area contributed by atoms with E-state index in [4.69, 9.17) is 5.26 Å². The van der Waals surface area contributed by atoms with E-state index in [0.29, 0.717) is 16.9 Å². The SMILES string of the molecule is Cc1cccc(NC(=O)CC(=O)Nc2ccc(C#N)cc2)c1. The highest BCUT2D eigenvalue weighted by Crippen LogP contribution is 2.11. The van der Waals surface area contributed by atoms with E-state index in [0.717, 1.165) is 5.56 Å². The van der Waals surface area contributed by atoms with Gasteiger partial charge in [0.1, 0.15) is 6.42 Å². The molecule has 0 aromatic heterocycles. The highest BCUT2D eigenvalue weighted by atomic mass is 16.2. The molecule has 0 atom stereocenters. The quantitative estimate of drug-likeness (QED) is 0.850. The Morgan fingerprint density at radius 1 is 1.00 bits per heavy atom. The first-order chi connectivity index (χ1) is 10.6. The summed E-state index contributed by atoms with van der Waals surface area (Å²) in [6.07, 6.45) is -0.270. The van der Waals surface area contributed by atoms with Crippen LogP contribution < -0.4 is 10.6 Å². The first-order valence-electron chi connectivity index (χ1n) is 6.73. The normalized spacial score (nSPS) is 9.64. The van der Waals surface area contributed by atoms with Gasteiger partial charge in [0.15, 0.2) is 0 Å². The first kappa shape index (κ1) is 15.3. The van der Waals surface area contributed by atoms with Crippen molar-refractivity contribution in [1.82, 2.24) is 0 Å². The molecule has 0 aliphatic heterocycles. The second-order valence-electron chi connectivity index (χ2n) is 4.83. The number of carbonyl (C=O) groups excluding carboxylic acids is 2. The predicted octanol–water partition coefficient (Wildman–Crippen LogP) is 2.83. The van der Waals surface area contributed by atoms with Gasteiger partial charge in [-0.15, -0.1) is 0 Å². The molecule has 22 heavy (non-hydrogen) atoms. The molecule has 0 bridgehead atoms. The fourth-order valence-corrected chi connectivity index (χ4v) is 1.91. The van der Waals surface area contributed by atoms with Crippen molar-refractivity contribution in [2.45, 2.75) is 13.3 Å². The lowest BCUT2D eigenvalue weighted by Crippen LogP contribution is -2.21. The molecule has 2 rings (SSSR count). The van der Waals surface area contributed by atoms with Crippen molar-refractivity contribution in [3.8, 4) is 6.07 Å². The van der Waals surface area contributed by atoms with Crippen LogP contribution in [0, 0.1) is 18.3 Å². The number of nitriles is 1. The topological polar surface area (TPSA) is 82.0 Å². The number of nitrogens with zero attached hydrogens (tertiary/aromatic N) is 1. The minimum Gasteiger partial charge on any atom is -0.326 e. The van der Waals surface area contributed by atoms with E-state index in [-0.39, 0.29) is 12.3 Å². The molecule has 0 unspecified atom stereocenters. The van der Waals surface area contributed by atoms with Crippen molar-refractivity contribution in [2.75, 3.05) is 10.6 Å². The second kappa shape index (κ2) is 7.04. The Morgan fingerprint density at radius 3 is 2.23 bits per heavy atom. The average molecular weight is 293 g/mol. The van der Waals surface area contributed by atoms with Crippen LogP contribution in [0.25, 0.3) is 0 Å². The van der Waals surface area contributed by atoms with Crippen LogP contribution in [0.4, 0.5) is 11.4 Å². The molecule has 2 N–H and O–H groups in total. The Labute approximate surface area is 128 Å². The zero-order valence-electron chi connectivity index (χ0n) is 12.1. The van der Waals surface area contributed by atoms with Gasteiger partial charge in [-0.2, -0.15) is 5.26 Å². The van der Waals surface area contributed by atoms with Gasteiger partial charge in [-0.1, -0.05) is 12.1 Å². The Morgan fingerprint density at radius 2 is 1.64 bits per heavy atom. The third kappa shape index (κ3) is 4.46. The maximum atomic E-state index is 11.8. The number of carbonyl (C=O) groups is 2. The van der Waals surface area contributed by atoms with Gasteiger partial charge in [-0.3, -0.25) is 9.59 Å². The van der Waals surface area contributed by atoms with E-state index in [1.165, 1.54) is 0 Å². The van der Waals surface area contributed by atoms with Crippen LogP contribution in [0.2, 0.25) is 0 Å². The molecule has 0 aliphatic rings.